The first-order valence-corrected chi connectivity index (χ1v) is 7.62. The summed E-state index contributed by atoms with van der Waals surface area (Å²) in [6.45, 7) is 4.28. The summed E-state index contributed by atoms with van der Waals surface area (Å²) in [6.07, 6.45) is 0. The number of anilines is 1. The van der Waals surface area contributed by atoms with Crippen molar-refractivity contribution in [3.05, 3.63) is 72.1 Å². The van der Waals surface area contributed by atoms with E-state index in [1.54, 1.807) is 55.5 Å². The molecule has 0 aliphatic heterocycles. The Morgan fingerprint density at radius 2 is 1.67 bits per heavy atom. The molecule has 3 N–H and O–H groups in total. The van der Waals surface area contributed by atoms with Crippen LogP contribution in [0.5, 0.6) is 5.75 Å². The van der Waals surface area contributed by atoms with Gasteiger partial charge in [0.1, 0.15) is 0 Å². The predicted molar refractivity (Wildman–Crippen MR) is 92.6 cm³/mol. The number of carbonyl (C=O) groups excluding carboxylic acids is 1. The molecule has 126 valence electrons. The second-order valence-electron chi connectivity index (χ2n) is 4.97. The van der Waals surface area contributed by atoms with Crippen molar-refractivity contribution >= 4 is 11.6 Å². The molecule has 0 spiro atoms. The lowest BCUT2D eigenvalue weighted by atomic mass is 10.3. The van der Waals surface area contributed by atoms with Crippen molar-refractivity contribution in [1.82, 2.24) is 5.32 Å². The highest BCUT2D eigenvalue weighted by Crippen LogP contribution is 2.17. The lowest BCUT2D eigenvalue weighted by Crippen LogP contribution is -2.40. The third kappa shape index (κ3) is 4.50. The SMILES string of the molecule is CCN/C(C)=C(\OOc1ccccc1)C(=O)N(N)c1ccccc1. The van der Waals surface area contributed by atoms with Crippen molar-refractivity contribution in [2.75, 3.05) is 11.6 Å². The number of allylic oxidation sites excluding steroid dienone is 1. The van der Waals surface area contributed by atoms with Gasteiger partial charge in [0.15, 0.2) is 5.75 Å². The fourth-order valence-electron chi connectivity index (χ4n) is 1.99. The number of hydrogen-bond acceptors (Lipinski definition) is 5. The Morgan fingerprint density at radius 3 is 2.25 bits per heavy atom. The number of para-hydroxylation sites is 2. The van der Waals surface area contributed by atoms with E-state index in [0.29, 0.717) is 23.7 Å². The molecule has 0 unspecified atom stereocenters. The van der Waals surface area contributed by atoms with Crippen LogP contribution in [0, 0.1) is 0 Å². The van der Waals surface area contributed by atoms with Gasteiger partial charge in [-0.15, -0.1) is 0 Å². The van der Waals surface area contributed by atoms with Crippen molar-refractivity contribution in [3.8, 4) is 5.75 Å². The minimum absolute atomic E-state index is 0.00736. The quantitative estimate of drug-likeness (QED) is 0.204. The van der Waals surface area contributed by atoms with E-state index in [0.717, 1.165) is 5.01 Å². The molecule has 6 heteroatoms. The van der Waals surface area contributed by atoms with Crippen molar-refractivity contribution in [2.24, 2.45) is 5.84 Å². The lowest BCUT2D eigenvalue weighted by molar-refractivity contribution is -0.175. The number of hydrogen-bond donors (Lipinski definition) is 2. The van der Waals surface area contributed by atoms with Crippen molar-refractivity contribution in [1.29, 1.82) is 0 Å². The Bertz CT molecular complexity index is 687. The number of carbonyl (C=O) groups is 1. The minimum atomic E-state index is -0.518. The van der Waals surface area contributed by atoms with Crippen LogP contribution in [0.4, 0.5) is 5.69 Å². The van der Waals surface area contributed by atoms with Gasteiger partial charge in [-0.25, -0.2) is 10.9 Å². The summed E-state index contributed by atoms with van der Waals surface area (Å²) in [5.74, 6) is 5.89. The monoisotopic (exact) mass is 327 g/mol. The zero-order valence-corrected chi connectivity index (χ0v) is 13.7. The first-order valence-electron chi connectivity index (χ1n) is 7.62. The van der Waals surface area contributed by atoms with Crippen LogP contribution in [-0.2, 0) is 9.68 Å². The van der Waals surface area contributed by atoms with Gasteiger partial charge < -0.3 is 5.32 Å². The van der Waals surface area contributed by atoms with Gasteiger partial charge >= 0.3 is 5.91 Å². The van der Waals surface area contributed by atoms with Crippen LogP contribution in [0.15, 0.2) is 72.1 Å². The van der Waals surface area contributed by atoms with Crippen LogP contribution in [-0.4, -0.2) is 12.5 Å². The Morgan fingerprint density at radius 1 is 1.08 bits per heavy atom. The van der Waals surface area contributed by atoms with Crippen LogP contribution in [0.1, 0.15) is 13.8 Å². The summed E-state index contributed by atoms with van der Waals surface area (Å²) in [7, 11) is 0. The van der Waals surface area contributed by atoms with Gasteiger partial charge in [-0.3, -0.25) is 14.6 Å². The molecular weight excluding hydrogens is 306 g/mol. The number of rotatable bonds is 7. The molecule has 0 heterocycles. The van der Waals surface area contributed by atoms with Crippen molar-refractivity contribution < 1.29 is 14.6 Å². The number of benzene rings is 2. The van der Waals surface area contributed by atoms with Crippen molar-refractivity contribution in [2.45, 2.75) is 13.8 Å². The summed E-state index contributed by atoms with van der Waals surface area (Å²) in [6, 6.07) is 17.8. The highest BCUT2D eigenvalue weighted by atomic mass is 17.2. The Balaban J connectivity index is 2.19. The molecule has 2 aromatic carbocycles. The number of nitrogens with zero attached hydrogens (tertiary/aromatic N) is 1. The van der Waals surface area contributed by atoms with Gasteiger partial charge in [-0.05, 0) is 38.1 Å². The molecule has 0 aromatic heterocycles. The molecule has 6 nitrogen and oxygen atoms in total. The van der Waals surface area contributed by atoms with Gasteiger partial charge in [0.05, 0.1) is 11.4 Å². The standard InChI is InChI=1S/C18H21N3O3/c1-3-20-14(2)17(24-23-16-12-8-5-9-13-16)18(22)21(19)15-10-6-4-7-11-15/h4-13,20H,3,19H2,1-2H3/b17-14-. The van der Waals surface area contributed by atoms with Gasteiger partial charge in [0.25, 0.3) is 5.76 Å². The Labute approximate surface area is 141 Å². The van der Waals surface area contributed by atoms with E-state index in [1.165, 1.54) is 0 Å². The van der Waals surface area contributed by atoms with Gasteiger partial charge in [-0.2, -0.15) is 0 Å². The van der Waals surface area contributed by atoms with E-state index in [4.69, 9.17) is 15.6 Å². The largest absolute Gasteiger partial charge is 0.386 e. The maximum Gasteiger partial charge on any atom is 0.314 e. The molecule has 0 atom stereocenters. The average molecular weight is 327 g/mol. The fourth-order valence-corrected chi connectivity index (χ4v) is 1.99. The molecule has 0 saturated carbocycles. The molecule has 2 rings (SSSR count). The third-order valence-electron chi connectivity index (χ3n) is 3.19. The first kappa shape index (κ1) is 17.4. The summed E-state index contributed by atoms with van der Waals surface area (Å²) in [5.41, 5.74) is 1.08. The number of nitrogens with one attached hydrogen (secondary N) is 1. The van der Waals surface area contributed by atoms with Crippen LogP contribution in [0.25, 0.3) is 0 Å². The number of hydrazine groups is 1. The summed E-state index contributed by atoms with van der Waals surface area (Å²) < 4.78 is 0. The smallest absolute Gasteiger partial charge is 0.314 e. The Hall–Kier alpha value is -2.99. The average Bonchev–Trinajstić information content (AvgIpc) is 2.63. The second-order valence-corrected chi connectivity index (χ2v) is 4.97. The Kier molecular flexibility index (Phi) is 6.22. The minimum Gasteiger partial charge on any atom is -0.386 e. The van der Waals surface area contributed by atoms with Gasteiger partial charge in [-0.1, -0.05) is 36.4 Å². The lowest BCUT2D eigenvalue weighted by Gasteiger charge is -2.19. The molecule has 0 bridgehead atoms. The van der Waals surface area contributed by atoms with Gasteiger partial charge in [0.2, 0.25) is 0 Å². The van der Waals surface area contributed by atoms with Gasteiger partial charge in [0, 0.05) is 6.54 Å². The molecule has 0 fully saturated rings. The second kappa shape index (κ2) is 8.59. The predicted octanol–water partition coefficient (Wildman–Crippen LogP) is 2.74. The summed E-state index contributed by atoms with van der Waals surface area (Å²) in [4.78, 5) is 23.2. The van der Waals surface area contributed by atoms with E-state index < -0.39 is 5.91 Å². The van der Waals surface area contributed by atoms with Crippen LogP contribution >= 0.6 is 0 Å². The molecule has 0 saturated heterocycles. The van der Waals surface area contributed by atoms with Crippen LogP contribution in [0.2, 0.25) is 0 Å². The first-order chi connectivity index (χ1) is 11.6. The summed E-state index contributed by atoms with van der Waals surface area (Å²) >= 11 is 0. The van der Waals surface area contributed by atoms with Crippen molar-refractivity contribution in [3.63, 3.8) is 0 Å². The molecule has 2 aromatic rings. The van der Waals surface area contributed by atoms with Crippen LogP contribution < -0.4 is 21.1 Å². The zero-order valence-electron chi connectivity index (χ0n) is 13.7. The van der Waals surface area contributed by atoms with E-state index in [1.807, 2.05) is 19.1 Å². The third-order valence-corrected chi connectivity index (χ3v) is 3.19. The highest BCUT2D eigenvalue weighted by Gasteiger charge is 2.23. The topological polar surface area (TPSA) is 76.8 Å². The fraction of sp³-hybridized carbons (Fsp3) is 0.167. The molecular formula is C18H21N3O3. The molecule has 0 aliphatic carbocycles. The number of amides is 1. The van der Waals surface area contributed by atoms with E-state index >= 15 is 0 Å². The molecule has 24 heavy (non-hydrogen) atoms. The van der Waals surface area contributed by atoms with E-state index in [9.17, 15) is 4.79 Å². The highest BCUT2D eigenvalue weighted by molar-refractivity contribution is 6.03. The van der Waals surface area contributed by atoms with E-state index in [-0.39, 0.29) is 5.76 Å². The maximum atomic E-state index is 12.7. The van der Waals surface area contributed by atoms with E-state index in [2.05, 4.69) is 5.32 Å². The van der Waals surface area contributed by atoms with Crippen LogP contribution in [0.3, 0.4) is 0 Å². The molecule has 0 aliphatic rings. The normalized spacial score (nSPS) is 11.3. The maximum absolute atomic E-state index is 12.7. The number of nitrogens with two attached hydrogens (primary N) is 1. The molecule has 0 radical (unpaired) electrons. The zero-order chi connectivity index (χ0) is 17.4. The molecule has 1 amide bonds. The summed E-state index contributed by atoms with van der Waals surface area (Å²) in [5, 5.41) is 4.06.